The second-order valence-corrected chi connectivity index (χ2v) is 4.05. The maximum Gasteiger partial charge on any atom is 0.317 e. The zero-order chi connectivity index (χ0) is 11.1. The Bertz CT molecular complexity index is 188. The maximum atomic E-state index is 11.5. The zero-order valence-corrected chi connectivity index (χ0v) is 9.88. The average Bonchev–Trinajstić information content (AvgIpc) is 2.27. The van der Waals surface area contributed by atoms with Gasteiger partial charge in [0.05, 0.1) is 0 Å². The number of nitrogens with one attached hydrogen (secondary N) is 2. The molecule has 0 radical (unpaired) electrons. The van der Waals surface area contributed by atoms with Gasteiger partial charge < -0.3 is 15.5 Å². The fraction of sp³-hybridized carbons (Fsp3) is 0.909. The fourth-order valence-corrected chi connectivity index (χ4v) is 1.90. The van der Waals surface area contributed by atoms with Gasteiger partial charge in [-0.3, -0.25) is 0 Å². The van der Waals surface area contributed by atoms with Crippen LogP contribution in [0.3, 0.4) is 0 Å². The Morgan fingerprint density at radius 1 is 1.33 bits per heavy atom. The molecule has 0 unspecified atom stereocenters. The van der Waals surface area contributed by atoms with Crippen LogP contribution < -0.4 is 10.6 Å². The minimum Gasteiger partial charge on any atom is -0.338 e. The molecule has 1 fully saturated rings. The van der Waals surface area contributed by atoms with Crippen LogP contribution in [0.2, 0.25) is 0 Å². The lowest BCUT2D eigenvalue weighted by Crippen LogP contribution is -2.48. The number of rotatable bonds is 4. The van der Waals surface area contributed by atoms with Crippen molar-refractivity contribution in [2.75, 3.05) is 26.2 Å². The number of carbonyl (C=O) groups is 1. The van der Waals surface area contributed by atoms with Crippen LogP contribution in [0, 0.1) is 0 Å². The molecule has 88 valence electrons. The van der Waals surface area contributed by atoms with Gasteiger partial charge in [-0.25, -0.2) is 4.79 Å². The van der Waals surface area contributed by atoms with E-state index in [0.29, 0.717) is 12.6 Å². The Morgan fingerprint density at radius 3 is 2.53 bits per heavy atom. The van der Waals surface area contributed by atoms with Gasteiger partial charge in [0.1, 0.15) is 0 Å². The van der Waals surface area contributed by atoms with Gasteiger partial charge >= 0.3 is 6.03 Å². The molecule has 1 aliphatic rings. The second kappa shape index (κ2) is 6.67. The van der Waals surface area contributed by atoms with E-state index in [1.807, 2.05) is 11.8 Å². The lowest BCUT2D eigenvalue weighted by Gasteiger charge is -2.32. The summed E-state index contributed by atoms with van der Waals surface area (Å²) in [5.41, 5.74) is 0. The van der Waals surface area contributed by atoms with E-state index in [2.05, 4.69) is 17.6 Å². The molecule has 0 aromatic heterocycles. The average molecular weight is 213 g/mol. The van der Waals surface area contributed by atoms with E-state index in [-0.39, 0.29) is 6.03 Å². The van der Waals surface area contributed by atoms with Crippen molar-refractivity contribution in [2.45, 2.75) is 39.2 Å². The predicted molar refractivity (Wildman–Crippen MR) is 62.0 cm³/mol. The molecule has 0 bridgehead atoms. The van der Waals surface area contributed by atoms with Crippen LogP contribution in [-0.4, -0.2) is 43.2 Å². The maximum absolute atomic E-state index is 11.5. The third-order valence-corrected chi connectivity index (χ3v) is 2.79. The molecule has 2 N–H and O–H groups in total. The smallest absolute Gasteiger partial charge is 0.317 e. The highest BCUT2D eigenvalue weighted by Gasteiger charge is 2.21. The minimum absolute atomic E-state index is 0.0893. The molecule has 2 amide bonds. The van der Waals surface area contributed by atoms with E-state index in [1.54, 1.807) is 0 Å². The van der Waals surface area contributed by atoms with Crippen molar-refractivity contribution in [3.8, 4) is 0 Å². The van der Waals surface area contributed by atoms with Crippen molar-refractivity contribution in [2.24, 2.45) is 0 Å². The molecule has 0 spiro atoms. The molecule has 1 saturated heterocycles. The molecule has 1 rings (SSSR count). The van der Waals surface area contributed by atoms with Crippen molar-refractivity contribution < 1.29 is 4.79 Å². The zero-order valence-electron chi connectivity index (χ0n) is 9.88. The molecule has 1 aliphatic heterocycles. The molecule has 4 nitrogen and oxygen atoms in total. The number of hydrogen-bond donors (Lipinski definition) is 2. The Labute approximate surface area is 92.4 Å². The van der Waals surface area contributed by atoms with Gasteiger partial charge in [0, 0.05) is 25.7 Å². The summed E-state index contributed by atoms with van der Waals surface area (Å²) in [7, 11) is 0. The van der Waals surface area contributed by atoms with Gasteiger partial charge in [0.2, 0.25) is 0 Å². The largest absolute Gasteiger partial charge is 0.338 e. The second-order valence-electron chi connectivity index (χ2n) is 4.05. The van der Waals surface area contributed by atoms with Crippen molar-refractivity contribution in [3.63, 3.8) is 0 Å². The van der Waals surface area contributed by atoms with E-state index in [0.717, 1.165) is 32.5 Å². The molecule has 0 aromatic carbocycles. The summed E-state index contributed by atoms with van der Waals surface area (Å²) in [6.07, 6.45) is 3.34. The van der Waals surface area contributed by atoms with Gasteiger partial charge in [0.25, 0.3) is 0 Å². The van der Waals surface area contributed by atoms with Crippen LogP contribution >= 0.6 is 0 Å². The topological polar surface area (TPSA) is 44.4 Å². The van der Waals surface area contributed by atoms with E-state index in [9.17, 15) is 4.79 Å². The highest BCUT2D eigenvalue weighted by Crippen LogP contribution is 2.10. The summed E-state index contributed by atoms with van der Waals surface area (Å²) in [5.74, 6) is 0. The standard InChI is InChI=1S/C11H23N3O/c1-3-7-13-10-5-8-14(9-6-10)11(15)12-4-2/h10,13H,3-9H2,1-2H3,(H,12,15). The molecule has 0 saturated carbocycles. The first-order valence-electron chi connectivity index (χ1n) is 6.04. The van der Waals surface area contributed by atoms with E-state index >= 15 is 0 Å². The molecular formula is C11H23N3O. The SMILES string of the molecule is CCCNC1CCN(C(=O)NCC)CC1. The number of nitrogens with zero attached hydrogens (tertiary/aromatic N) is 1. The normalized spacial score (nSPS) is 17.9. The first kappa shape index (κ1) is 12.3. The summed E-state index contributed by atoms with van der Waals surface area (Å²) in [5, 5.41) is 6.34. The predicted octanol–water partition coefficient (Wildman–Crippen LogP) is 1.18. The molecule has 1 heterocycles. The Hall–Kier alpha value is -0.770. The minimum atomic E-state index is 0.0893. The summed E-state index contributed by atoms with van der Waals surface area (Å²) < 4.78 is 0. The van der Waals surface area contributed by atoms with Gasteiger partial charge in [-0.2, -0.15) is 0 Å². The molecule has 4 heteroatoms. The van der Waals surface area contributed by atoms with Crippen LogP contribution in [0.15, 0.2) is 0 Å². The summed E-state index contributed by atoms with van der Waals surface area (Å²) >= 11 is 0. The van der Waals surface area contributed by atoms with Gasteiger partial charge in [-0.1, -0.05) is 6.92 Å². The van der Waals surface area contributed by atoms with Gasteiger partial charge in [0.15, 0.2) is 0 Å². The van der Waals surface area contributed by atoms with E-state index < -0.39 is 0 Å². The monoisotopic (exact) mass is 213 g/mol. The number of carbonyl (C=O) groups excluding carboxylic acids is 1. The molecule has 0 aromatic rings. The van der Waals surface area contributed by atoms with Crippen LogP contribution in [0.4, 0.5) is 4.79 Å². The first-order chi connectivity index (χ1) is 7.27. The Kier molecular flexibility index (Phi) is 5.47. The van der Waals surface area contributed by atoms with Crippen molar-refractivity contribution in [1.82, 2.24) is 15.5 Å². The number of urea groups is 1. The number of hydrogen-bond acceptors (Lipinski definition) is 2. The first-order valence-corrected chi connectivity index (χ1v) is 6.04. The molecule has 0 atom stereocenters. The number of amides is 2. The lowest BCUT2D eigenvalue weighted by molar-refractivity contribution is 0.177. The quantitative estimate of drug-likeness (QED) is 0.736. The third-order valence-electron chi connectivity index (χ3n) is 2.79. The third kappa shape index (κ3) is 4.08. The summed E-state index contributed by atoms with van der Waals surface area (Å²) in [6.45, 7) is 7.70. The van der Waals surface area contributed by atoms with Crippen LogP contribution in [0.1, 0.15) is 33.1 Å². The van der Waals surface area contributed by atoms with E-state index in [4.69, 9.17) is 0 Å². The summed E-state index contributed by atoms with van der Waals surface area (Å²) in [6, 6.07) is 0.696. The highest BCUT2D eigenvalue weighted by molar-refractivity contribution is 5.74. The van der Waals surface area contributed by atoms with E-state index in [1.165, 1.54) is 6.42 Å². The van der Waals surface area contributed by atoms with Gasteiger partial charge in [-0.15, -0.1) is 0 Å². The number of likely N-dealkylation sites (tertiary alicyclic amines) is 1. The highest BCUT2D eigenvalue weighted by atomic mass is 16.2. The van der Waals surface area contributed by atoms with Crippen molar-refractivity contribution in [3.05, 3.63) is 0 Å². The molecule has 15 heavy (non-hydrogen) atoms. The van der Waals surface area contributed by atoms with Gasteiger partial charge in [-0.05, 0) is 32.7 Å². The van der Waals surface area contributed by atoms with Crippen LogP contribution in [-0.2, 0) is 0 Å². The molecule has 0 aliphatic carbocycles. The Balaban J connectivity index is 2.20. The van der Waals surface area contributed by atoms with Crippen LogP contribution in [0.5, 0.6) is 0 Å². The van der Waals surface area contributed by atoms with Crippen molar-refractivity contribution in [1.29, 1.82) is 0 Å². The van der Waals surface area contributed by atoms with Crippen LogP contribution in [0.25, 0.3) is 0 Å². The molecular weight excluding hydrogens is 190 g/mol. The summed E-state index contributed by atoms with van der Waals surface area (Å²) in [4.78, 5) is 13.4. The number of piperidine rings is 1. The van der Waals surface area contributed by atoms with Crippen molar-refractivity contribution >= 4 is 6.03 Å². The Morgan fingerprint density at radius 2 is 2.00 bits per heavy atom. The lowest BCUT2D eigenvalue weighted by atomic mass is 10.1. The fourth-order valence-electron chi connectivity index (χ4n) is 1.90.